The zero-order valence-corrected chi connectivity index (χ0v) is 14.1. The van der Waals surface area contributed by atoms with Gasteiger partial charge >= 0.3 is 0 Å². The first kappa shape index (κ1) is 15.4. The van der Waals surface area contributed by atoms with Crippen LogP contribution in [-0.2, 0) is 0 Å². The minimum atomic E-state index is -0.422. The van der Waals surface area contributed by atoms with Crippen LogP contribution in [0.1, 0.15) is 31.0 Å². The second-order valence-electron chi connectivity index (χ2n) is 6.89. The molecule has 8 nitrogen and oxygen atoms in total. The Morgan fingerprint density at radius 2 is 1.96 bits per heavy atom. The molecule has 0 radical (unpaired) electrons. The number of nitrogens with zero attached hydrogens (tertiary/aromatic N) is 7. The van der Waals surface area contributed by atoms with E-state index in [0.717, 1.165) is 43.8 Å². The van der Waals surface area contributed by atoms with E-state index in [2.05, 4.69) is 30.2 Å². The molecule has 9 heteroatoms. The van der Waals surface area contributed by atoms with Gasteiger partial charge in [-0.3, -0.25) is 0 Å². The third-order valence-electron chi connectivity index (χ3n) is 4.85. The van der Waals surface area contributed by atoms with Gasteiger partial charge in [0, 0.05) is 31.0 Å². The van der Waals surface area contributed by atoms with E-state index in [4.69, 9.17) is 4.74 Å². The van der Waals surface area contributed by atoms with Gasteiger partial charge < -0.3 is 9.64 Å². The molecule has 2 fully saturated rings. The maximum absolute atomic E-state index is 12.9. The molecular formula is C17H18FN7O. The number of anilines is 1. The quantitative estimate of drug-likeness (QED) is 0.691. The fourth-order valence-corrected chi connectivity index (χ4v) is 3.28. The fourth-order valence-electron chi connectivity index (χ4n) is 3.28. The number of hydrogen-bond donors (Lipinski definition) is 0. The molecule has 4 heterocycles. The Morgan fingerprint density at radius 3 is 2.77 bits per heavy atom. The second-order valence-corrected chi connectivity index (χ2v) is 6.89. The van der Waals surface area contributed by atoms with Gasteiger partial charge in [0.2, 0.25) is 11.8 Å². The molecule has 0 bridgehead atoms. The second kappa shape index (κ2) is 6.15. The molecule has 0 aromatic carbocycles. The molecule has 3 aromatic heterocycles. The third-order valence-corrected chi connectivity index (χ3v) is 4.85. The van der Waals surface area contributed by atoms with Crippen molar-refractivity contribution in [3.05, 3.63) is 36.2 Å². The van der Waals surface area contributed by atoms with Crippen molar-refractivity contribution >= 4 is 11.6 Å². The summed E-state index contributed by atoms with van der Waals surface area (Å²) in [5.41, 5.74) is 0.750. The van der Waals surface area contributed by atoms with Crippen molar-refractivity contribution in [2.24, 2.45) is 5.92 Å². The Kier molecular flexibility index (Phi) is 3.65. The summed E-state index contributed by atoms with van der Waals surface area (Å²) in [5.74, 6) is 2.47. The molecule has 134 valence electrons. The highest BCUT2D eigenvalue weighted by atomic mass is 19.1. The lowest BCUT2D eigenvalue weighted by atomic mass is 10.1. The zero-order chi connectivity index (χ0) is 17.5. The summed E-state index contributed by atoms with van der Waals surface area (Å²) >= 11 is 0. The largest absolute Gasteiger partial charge is 0.476 e. The summed E-state index contributed by atoms with van der Waals surface area (Å²) < 4.78 is 20.7. The van der Waals surface area contributed by atoms with Crippen molar-refractivity contribution in [2.45, 2.75) is 25.2 Å². The molecular weight excluding hydrogens is 337 g/mol. The highest BCUT2D eigenvalue weighted by Crippen LogP contribution is 2.38. The van der Waals surface area contributed by atoms with Crippen molar-refractivity contribution in [2.75, 3.05) is 24.6 Å². The van der Waals surface area contributed by atoms with Gasteiger partial charge in [0.25, 0.3) is 0 Å². The molecule has 1 atom stereocenters. The van der Waals surface area contributed by atoms with Crippen LogP contribution in [0.4, 0.5) is 10.3 Å². The lowest BCUT2D eigenvalue weighted by Gasteiger charge is -2.16. The van der Waals surface area contributed by atoms with Crippen LogP contribution in [0.3, 0.4) is 0 Å². The van der Waals surface area contributed by atoms with Gasteiger partial charge in [-0.25, -0.2) is 14.4 Å². The average Bonchev–Trinajstić information content (AvgIpc) is 3.24. The van der Waals surface area contributed by atoms with E-state index in [1.807, 2.05) is 12.1 Å². The SMILES string of the molecule is Fc1cnc(N2CCC(COc3ccc4nnc(C5CC5)n4n3)C2)nc1. The topological polar surface area (TPSA) is 81.3 Å². The van der Waals surface area contributed by atoms with E-state index >= 15 is 0 Å². The number of ether oxygens (including phenoxy) is 1. The smallest absolute Gasteiger partial charge is 0.231 e. The van der Waals surface area contributed by atoms with E-state index in [-0.39, 0.29) is 0 Å². The van der Waals surface area contributed by atoms with Gasteiger partial charge in [-0.15, -0.1) is 15.3 Å². The summed E-state index contributed by atoms with van der Waals surface area (Å²) in [6.07, 6.45) is 5.67. The van der Waals surface area contributed by atoms with Crippen LogP contribution in [0.2, 0.25) is 0 Å². The maximum Gasteiger partial charge on any atom is 0.231 e. The van der Waals surface area contributed by atoms with E-state index in [1.54, 1.807) is 4.52 Å². The van der Waals surface area contributed by atoms with E-state index in [1.165, 1.54) is 12.4 Å². The Labute approximate surface area is 149 Å². The Hall–Kier alpha value is -2.84. The van der Waals surface area contributed by atoms with Crippen LogP contribution in [0, 0.1) is 11.7 Å². The highest BCUT2D eigenvalue weighted by Gasteiger charge is 2.29. The average molecular weight is 355 g/mol. The Morgan fingerprint density at radius 1 is 1.12 bits per heavy atom. The predicted octanol–water partition coefficient (Wildman–Crippen LogP) is 1.84. The molecule has 1 unspecified atom stereocenters. The molecule has 0 N–H and O–H groups in total. The van der Waals surface area contributed by atoms with Crippen molar-refractivity contribution in [1.82, 2.24) is 29.8 Å². The molecule has 5 rings (SSSR count). The van der Waals surface area contributed by atoms with Gasteiger partial charge in [-0.05, 0) is 25.3 Å². The summed E-state index contributed by atoms with van der Waals surface area (Å²) in [6, 6.07) is 3.71. The molecule has 1 aliphatic carbocycles. The normalized spacial score (nSPS) is 20.0. The molecule has 0 spiro atoms. The van der Waals surface area contributed by atoms with Crippen molar-refractivity contribution < 1.29 is 9.13 Å². The van der Waals surface area contributed by atoms with Crippen LogP contribution in [0.25, 0.3) is 5.65 Å². The van der Waals surface area contributed by atoms with Crippen LogP contribution >= 0.6 is 0 Å². The first-order chi connectivity index (χ1) is 12.8. The number of aromatic nitrogens is 6. The third kappa shape index (κ3) is 2.93. The van der Waals surface area contributed by atoms with E-state index in [9.17, 15) is 4.39 Å². The maximum atomic E-state index is 12.9. The van der Waals surface area contributed by atoms with Crippen LogP contribution in [0.15, 0.2) is 24.5 Å². The summed E-state index contributed by atoms with van der Waals surface area (Å²) in [7, 11) is 0. The lowest BCUT2D eigenvalue weighted by molar-refractivity contribution is 0.248. The van der Waals surface area contributed by atoms with Crippen molar-refractivity contribution in [3.63, 3.8) is 0 Å². The predicted molar refractivity (Wildman–Crippen MR) is 90.6 cm³/mol. The standard InChI is InChI=1S/C17H18FN7O/c18-13-7-19-17(20-8-13)24-6-5-11(9-24)10-26-15-4-3-14-21-22-16(12-1-2-12)25(14)23-15/h3-4,7-8,11-12H,1-2,5-6,9-10H2. The molecule has 1 saturated heterocycles. The lowest BCUT2D eigenvalue weighted by Crippen LogP contribution is -2.23. The molecule has 1 aliphatic heterocycles. The van der Waals surface area contributed by atoms with Gasteiger partial charge in [0.05, 0.1) is 19.0 Å². The molecule has 0 amide bonds. The van der Waals surface area contributed by atoms with Gasteiger partial charge in [-0.2, -0.15) is 4.52 Å². The summed E-state index contributed by atoms with van der Waals surface area (Å²) in [6.45, 7) is 2.19. The number of rotatable bonds is 5. The van der Waals surface area contributed by atoms with Gasteiger partial charge in [0.15, 0.2) is 17.3 Å². The van der Waals surface area contributed by atoms with E-state index < -0.39 is 5.82 Å². The van der Waals surface area contributed by atoms with Crippen molar-refractivity contribution in [3.8, 4) is 5.88 Å². The van der Waals surface area contributed by atoms with Gasteiger partial charge in [0.1, 0.15) is 0 Å². The molecule has 26 heavy (non-hydrogen) atoms. The Balaban J connectivity index is 1.23. The minimum Gasteiger partial charge on any atom is -0.476 e. The van der Waals surface area contributed by atoms with Crippen LogP contribution in [-0.4, -0.2) is 49.5 Å². The van der Waals surface area contributed by atoms with E-state index in [0.29, 0.717) is 30.3 Å². The molecule has 1 saturated carbocycles. The monoisotopic (exact) mass is 355 g/mol. The number of fused-ring (bicyclic) bond motifs is 1. The van der Waals surface area contributed by atoms with Crippen molar-refractivity contribution in [1.29, 1.82) is 0 Å². The summed E-state index contributed by atoms with van der Waals surface area (Å²) in [5, 5.41) is 12.9. The van der Waals surface area contributed by atoms with Crippen LogP contribution < -0.4 is 9.64 Å². The highest BCUT2D eigenvalue weighted by molar-refractivity contribution is 5.38. The Bertz CT molecular complexity index is 925. The zero-order valence-electron chi connectivity index (χ0n) is 14.1. The summed E-state index contributed by atoms with van der Waals surface area (Å²) in [4.78, 5) is 10.1. The van der Waals surface area contributed by atoms with Gasteiger partial charge in [-0.1, -0.05) is 0 Å². The first-order valence-electron chi connectivity index (χ1n) is 8.84. The fraction of sp³-hybridized carbons (Fsp3) is 0.471. The van der Waals surface area contributed by atoms with Crippen LogP contribution in [0.5, 0.6) is 5.88 Å². The number of hydrogen-bond acceptors (Lipinski definition) is 7. The minimum absolute atomic E-state index is 0.352. The molecule has 3 aromatic rings. The number of halogens is 1. The molecule has 2 aliphatic rings. The first-order valence-corrected chi connectivity index (χ1v) is 8.84.